The van der Waals surface area contributed by atoms with Gasteiger partial charge in [0.05, 0.1) is 25.8 Å². The third-order valence-corrected chi connectivity index (χ3v) is 4.01. The molecule has 0 unspecified atom stereocenters. The van der Waals surface area contributed by atoms with E-state index >= 15 is 0 Å². The number of rotatable bonds is 9. The highest BCUT2D eigenvalue weighted by Gasteiger charge is 2.11. The highest BCUT2D eigenvalue weighted by atomic mass is 35.5. The normalized spacial score (nSPS) is 10.7. The highest BCUT2D eigenvalue weighted by Crippen LogP contribution is 2.36. The number of hydrogen-bond acceptors (Lipinski definition) is 4. The lowest BCUT2D eigenvalue weighted by molar-refractivity contribution is -0.116. The number of methoxy groups -OCH3 is 2. The minimum atomic E-state index is -0.209. The Kier molecular flexibility index (Phi) is 8.01. The summed E-state index contributed by atoms with van der Waals surface area (Å²) in [4.78, 5) is 12.1. The summed E-state index contributed by atoms with van der Waals surface area (Å²) in [5.41, 5.74) is 1.70. The van der Waals surface area contributed by atoms with Crippen molar-refractivity contribution in [1.29, 1.82) is 0 Å². The van der Waals surface area contributed by atoms with E-state index in [1.807, 2.05) is 31.2 Å². The molecule has 0 bridgehead atoms. The average molecular weight is 390 g/mol. The Morgan fingerprint density at radius 2 is 2.00 bits per heavy atom. The van der Waals surface area contributed by atoms with E-state index in [0.29, 0.717) is 29.7 Å². The van der Waals surface area contributed by atoms with Crippen LogP contribution in [0.25, 0.3) is 6.08 Å². The maximum absolute atomic E-state index is 12.1. The van der Waals surface area contributed by atoms with Crippen molar-refractivity contribution in [3.05, 3.63) is 58.6 Å². The fraction of sp³-hybridized carbons (Fsp3) is 0.286. The van der Waals surface area contributed by atoms with Crippen molar-refractivity contribution in [3.8, 4) is 17.2 Å². The summed E-state index contributed by atoms with van der Waals surface area (Å²) in [7, 11) is 3.16. The molecule has 144 valence electrons. The van der Waals surface area contributed by atoms with Crippen LogP contribution in [0.3, 0.4) is 0 Å². The van der Waals surface area contributed by atoms with E-state index in [1.165, 1.54) is 6.08 Å². The van der Waals surface area contributed by atoms with E-state index < -0.39 is 0 Å². The number of amides is 1. The Labute approximate surface area is 164 Å². The van der Waals surface area contributed by atoms with Crippen LogP contribution in [0.4, 0.5) is 0 Å². The maximum atomic E-state index is 12.1. The predicted octanol–water partition coefficient (Wildman–Crippen LogP) is 4.48. The number of benzene rings is 2. The van der Waals surface area contributed by atoms with Gasteiger partial charge in [-0.05, 0) is 47.9 Å². The number of hydrogen-bond donors (Lipinski definition) is 1. The fourth-order valence-electron chi connectivity index (χ4n) is 2.38. The number of carbonyl (C=O) groups is 1. The third kappa shape index (κ3) is 6.22. The molecule has 0 radical (unpaired) electrons. The zero-order valence-electron chi connectivity index (χ0n) is 15.8. The molecule has 0 aliphatic heterocycles. The van der Waals surface area contributed by atoms with Crippen LogP contribution >= 0.6 is 11.6 Å². The van der Waals surface area contributed by atoms with Gasteiger partial charge in [0.1, 0.15) is 5.75 Å². The number of carbonyl (C=O) groups excluding carboxylic acids is 1. The Hall–Kier alpha value is -2.66. The largest absolute Gasteiger partial charge is 0.497 e. The maximum Gasteiger partial charge on any atom is 0.244 e. The number of halogens is 1. The van der Waals surface area contributed by atoms with Crippen LogP contribution in [0.5, 0.6) is 17.2 Å². The first-order valence-electron chi connectivity index (χ1n) is 8.66. The second-order valence-electron chi connectivity index (χ2n) is 5.79. The summed E-state index contributed by atoms with van der Waals surface area (Å²) >= 11 is 6.28. The second-order valence-corrected chi connectivity index (χ2v) is 6.19. The molecular weight excluding hydrogens is 366 g/mol. The topological polar surface area (TPSA) is 56.8 Å². The molecule has 6 heteroatoms. The molecule has 2 aromatic rings. The molecule has 0 aliphatic rings. The van der Waals surface area contributed by atoms with Crippen LogP contribution in [0, 0.1) is 0 Å². The molecule has 0 heterocycles. The van der Waals surface area contributed by atoms with Gasteiger partial charge in [-0.3, -0.25) is 4.79 Å². The zero-order valence-corrected chi connectivity index (χ0v) is 16.5. The predicted molar refractivity (Wildman–Crippen MR) is 108 cm³/mol. The molecule has 0 aromatic heterocycles. The second kappa shape index (κ2) is 10.5. The van der Waals surface area contributed by atoms with Gasteiger partial charge >= 0.3 is 0 Å². The van der Waals surface area contributed by atoms with E-state index in [4.69, 9.17) is 25.8 Å². The molecular formula is C21H24ClNO4. The molecule has 1 amide bonds. The Bertz CT molecular complexity index is 805. The standard InChI is InChI=1S/C21H24ClNO4/c1-4-10-27-21-18(22)12-15(13-19(21)26-3)8-9-20(24)23-14-16-6-5-7-17(11-16)25-2/h5-9,11-13H,4,10,14H2,1-3H3,(H,23,24)/b9-8+. The van der Waals surface area contributed by atoms with Gasteiger partial charge in [0, 0.05) is 12.6 Å². The summed E-state index contributed by atoms with van der Waals surface area (Å²) in [5, 5.41) is 3.28. The lowest BCUT2D eigenvalue weighted by Gasteiger charge is -2.12. The summed E-state index contributed by atoms with van der Waals surface area (Å²) < 4.78 is 16.1. The van der Waals surface area contributed by atoms with Gasteiger partial charge in [-0.1, -0.05) is 30.7 Å². The highest BCUT2D eigenvalue weighted by molar-refractivity contribution is 6.32. The van der Waals surface area contributed by atoms with Crippen LogP contribution in [0.2, 0.25) is 5.02 Å². The third-order valence-electron chi connectivity index (χ3n) is 3.73. The summed E-state index contributed by atoms with van der Waals surface area (Å²) in [6, 6.07) is 11.1. The van der Waals surface area contributed by atoms with Gasteiger partial charge in [-0.2, -0.15) is 0 Å². The van der Waals surface area contributed by atoms with Crippen molar-refractivity contribution in [2.45, 2.75) is 19.9 Å². The molecule has 2 aromatic carbocycles. The monoisotopic (exact) mass is 389 g/mol. The molecule has 5 nitrogen and oxygen atoms in total. The van der Waals surface area contributed by atoms with E-state index in [9.17, 15) is 4.79 Å². The van der Waals surface area contributed by atoms with Gasteiger partial charge in [-0.15, -0.1) is 0 Å². The lowest BCUT2D eigenvalue weighted by Crippen LogP contribution is -2.20. The van der Waals surface area contributed by atoms with Gasteiger partial charge in [0.25, 0.3) is 0 Å². The Morgan fingerprint density at radius 3 is 2.70 bits per heavy atom. The van der Waals surface area contributed by atoms with Gasteiger partial charge in [0.15, 0.2) is 11.5 Å². The van der Waals surface area contributed by atoms with E-state index in [-0.39, 0.29) is 5.91 Å². The summed E-state index contributed by atoms with van der Waals surface area (Å²) in [6.07, 6.45) is 4.01. The fourth-order valence-corrected chi connectivity index (χ4v) is 2.66. The van der Waals surface area contributed by atoms with Crippen molar-refractivity contribution in [2.24, 2.45) is 0 Å². The van der Waals surface area contributed by atoms with Crippen molar-refractivity contribution in [3.63, 3.8) is 0 Å². The molecule has 0 saturated carbocycles. The van der Waals surface area contributed by atoms with E-state index in [0.717, 1.165) is 23.3 Å². The Morgan fingerprint density at radius 1 is 1.19 bits per heavy atom. The molecule has 0 spiro atoms. The first-order valence-corrected chi connectivity index (χ1v) is 9.04. The van der Waals surface area contributed by atoms with Gasteiger partial charge in [0.2, 0.25) is 5.91 Å². The average Bonchev–Trinajstić information content (AvgIpc) is 2.69. The molecule has 0 aliphatic carbocycles. The molecule has 0 fully saturated rings. The van der Waals surface area contributed by atoms with E-state index in [2.05, 4.69) is 5.32 Å². The van der Waals surface area contributed by atoms with Gasteiger partial charge in [-0.25, -0.2) is 0 Å². The quantitative estimate of drug-likeness (QED) is 0.642. The zero-order chi connectivity index (χ0) is 19.6. The van der Waals surface area contributed by atoms with Crippen molar-refractivity contribution >= 4 is 23.6 Å². The lowest BCUT2D eigenvalue weighted by atomic mass is 10.1. The first kappa shape index (κ1) is 20.6. The molecule has 0 saturated heterocycles. The Balaban J connectivity index is 2.01. The van der Waals surface area contributed by atoms with Crippen molar-refractivity contribution in [1.82, 2.24) is 5.32 Å². The molecule has 2 rings (SSSR count). The molecule has 1 N–H and O–H groups in total. The molecule has 27 heavy (non-hydrogen) atoms. The first-order chi connectivity index (χ1) is 13.1. The van der Waals surface area contributed by atoms with Crippen LogP contribution in [0.15, 0.2) is 42.5 Å². The number of ether oxygens (including phenoxy) is 3. The van der Waals surface area contributed by atoms with Crippen LogP contribution < -0.4 is 19.5 Å². The minimum absolute atomic E-state index is 0.209. The van der Waals surface area contributed by atoms with Crippen LogP contribution in [-0.4, -0.2) is 26.7 Å². The van der Waals surface area contributed by atoms with Crippen molar-refractivity contribution in [2.75, 3.05) is 20.8 Å². The summed E-state index contributed by atoms with van der Waals surface area (Å²) in [6.45, 7) is 2.98. The summed E-state index contributed by atoms with van der Waals surface area (Å²) in [5.74, 6) is 1.59. The van der Waals surface area contributed by atoms with Crippen LogP contribution in [-0.2, 0) is 11.3 Å². The SMILES string of the molecule is CCCOc1c(Cl)cc(/C=C/C(=O)NCc2cccc(OC)c2)cc1OC. The van der Waals surface area contributed by atoms with Crippen LogP contribution in [0.1, 0.15) is 24.5 Å². The minimum Gasteiger partial charge on any atom is -0.497 e. The van der Waals surface area contributed by atoms with E-state index in [1.54, 1.807) is 32.4 Å². The van der Waals surface area contributed by atoms with Gasteiger partial charge < -0.3 is 19.5 Å². The number of nitrogens with one attached hydrogen (secondary N) is 1. The smallest absolute Gasteiger partial charge is 0.244 e. The van der Waals surface area contributed by atoms with Crippen molar-refractivity contribution < 1.29 is 19.0 Å². The molecule has 0 atom stereocenters.